The van der Waals surface area contributed by atoms with Gasteiger partial charge in [0.2, 0.25) is 0 Å². The quantitative estimate of drug-likeness (QED) is 0.360. The van der Waals surface area contributed by atoms with Gasteiger partial charge >= 0.3 is 0 Å². The fourth-order valence-electron chi connectivity index (χ4n) is 1.86. The van der Waals surface area contributed by atoms with Crippen molar-refractivity contribution >= 4 is 0 Å². The van der Waals surface area contributed by atoms with Gasteiger partial charge in [-0.1, -0.05) is 26.7 Å². The summed E-state index contributed by atoms with van der Waals surface area (Å²) in [5.41, 5.74) is 0. The third-order valence-corrected chi connectivity index (χ3v) is 3.12. The molecule has 5 nitrogen and oxygen atoms in total. The molecular formula is C18H38O5. The van der Waals surface area contributed by atoms with E-state index in [0.717, 1.165) is 18.9 Å². The summed E-state index contributed by atoms with van der Waals surface area (Å²) in [5, 5.41) is 0. The number of ether oxygens (including phenoxy) is 5. The number of hydrogen-bond donors (Lipinski definition) is 0. The van der Waals surface area contributed by atoms with E-state index in [1.54, 1.807) is 0 Å². The van der Waals surface area contributed by atoms with Crippen LogP contribution in [-0.2, 0) is 23.7 Å². The van der Waals surface area contributed by atoms with Crippen LogP contribution < -0.4 is 0 Å². The summed E-state index contributed by atoms with van der Waals surface area (Å²) in [6, 6.07) is 0. The fraction of sp³-hybridized carbons (Fsp3) is 1.00. The topological polar surface area (TPSA) is 46.2 Å². The zero-order chi connectivity index (χ0) is 17.2. The van der Waals surface area contributed by atoms with Gasteiger partial charge in [-0.3, -0.25) is 0 Å². The Morgan fingerprint density at radius 1 is 0.522 bits per heavy atom. The molecule has 0 saturated heterocycles. The molecule has 0 aromatic heterocycles. The van der Waals surface area contributed by atoms with Crippen molar-refractivity contribution in [2.45, 2.75) is 53.1 Å². The van der Waals surface area contributed by atoms with Crippen molar-refractivity contribution in [3.63, 3.8) is 0 Å². The van der Waals surface area contributed by atoms with Gasteiger partial charge in [-0.2, -0.15) is 0 Å². The first-order valence-electron chi connectivity index (χ1n) is 9.05. The van der Waals surface area contributed by atoms with Crippen LogP contribution in [0.3, 0.4) is 0 Å². The molecule has 0 saturated carbocycles. The van der Waals surface area contributed by atoms with Crippen molar-refractivity contribution < 1.29 is 23.7 Å². The maximum absolute atomic E-state index is 5.52. The minimum atomic E-state index is 0.260. The highest BCUT2D eigenvalue weighted by Gasteiger charge is 1.96. The molecular weight excluding hydrogens is 296 g/mol. The minimum Gasteiger partial charge on any atom is -0.379 e. The number of hydrogen-bond acceptors (Lipinski definition) is 5. The van der Waals surface area contributed by atoms with Gasteiger partial charge in [-0.25, -0.2) is 0 Å². The van der Waals surface area contributed by atoms with E-state index < -0.39 is 0 Å². The van der Waals surface area contributed by atoms with Crippen molar-refractivity contribution in [2.24, 2.45) is 5.92 Å². The monoisotopic (exact) mass is 334 g/mol. The van der Waals surface area contributed by atoms with E-state index in [2.05, 4.69) is 13.8 Å². The summed E-state index contributed by atoms with van der Waals surface area (Å²) in [6.45, 7) is 14.3. The summed E-state index contributed by atoms with van der Waals surface area (Å²) in [6.07, 6.45) is 3.93. The lowest BCUT2D eigenvalue weighted by Crippen LogP contribution is -2.14. The lowest BCUT2D eigenvalue weighted by atomic mass is 10.1. The number of rotatable bonds is 18. The summed E-state index contributed by atoms with van der Waals surface area (Å²) < 4.78 is 27.1. The SMILES string of the molecule is CC(C)CCCCOCCOCCOCCOCCOC(C)C. The highest BCUT2D eigenvalue weighted by molar-refractivity contribution is 4.46. The Morgan fingerprint density at radius 2 is 0.957 bits per heavy atom. The molecule has 0 rings (SSSR count). The molecule has 0 heterocycles. The predicted molar refractivity (Wildman–Crippen MR) is 93.1 cm³/mol. The molecule has 0 radical (unpaired) electrons. The van der Waals surface area contributed by atoms with Crippen LogP contribution in [0.25, 0.3) is 0 Å². The third kappa shape index (κ3) is 21.8. The average Bonchev–Trinajstić information content (AvgIpc) is 2.49. The second-order valence-corrected chi connectivity index (χ2v) is 6.26. The van der Waals surface area contributed by atoms with E-state index in [-0.39, 0.29) is 6.10 Å². The highest BCUT2D eigenvalue weighted by Crippen LogP contribution is 2.05. The maximum atomic E-state index is 5.52. The zero-order valence-electron chi connectivity index (χ0n) is 15.7. The molecule has 0 aliphatic rings. The number of unbranched alkanes of at least 4 members (excludes halogenated alkanes) is 1. The molecule has 0 bridgehead atoms. The smallest absolute Gasteiger partial charge is 0.0703 e. The fourth-order valence-corrected chi connectivity index (χ4v) is 1.86. The van der Waals surface area contributed by atoms with Crippen LogP contribution in [0.4, 0.5) is 0 Å². The Kier molecular flexibility index (Phi) is 18.0. The van der Waals surface area contributed by atoms with E-state index in [9.17, 15) is 0 Å². The Labute approximate surface area is 143 Å². The van der Waals surface area contributed by atoms with E-state index in [0.29, 0.717) is 52.9 Å². The second kappa shape index (κ2) is 18.1. The largest absolute Gasteiger partial charge is 0.379 e. The van der Waals surface area contributed by atoms with Gasteiger partial charge in [-0.15, -0.1) is 0 Å². The van der Waals surface area contributed by atoms with Crippen molar-refractivity contribution in [3.8, 4) is 0 Å². The van der Waals surface area contributed by atoms with E-state index >= 15 is 0 Å². The molecule has 23 heavy (non-hydrogen) atoms. The zero-order valence-corrected chi connectivity index (χ0v) is 15.7. The third-order valence-electron chi connectivity index (χ3n) is 3.12. The summed E-state index contributed by atoms with van der Waals surface area (Å²) in [4.78, 5) is 0. The predicted octanol–water partition coefficient (Wildman–Crippen LogP) is 3.30. The molecule has 0 aliphatic heterocycles. The molecule has 0 spiro atoms. The van der Waals surface area contributed by atoms with Gasteiger partial charge in [0.05, 0.1) is 59.0 Å². The van der Waals surface area contributed by atoms with Crippen molar-refractivity contribution in [1.82, 2.24) is 0 Å². The lowest BCUT2D eigenvalue weighted by Gasteiger charge is -2.09. The summed E-state index contributed by atoms with van der Waals surface area (Å²) >= 11 is 0. The van der Waals surface area contributed by atoms with Crippen LogP contribution in [0.1, 0.15) is 47.0 Å². The van der Waals surface area contributed by atoms with Gasteiger partial charge in [0.25, 0.3) is 0 Å². The first-order valence-corrected chi connectivity index (χ1v) is 9.05. The van der Waals surface area contributed by atoms with Crippen LogP contribution in [0.5, 0.6) is 0 Å². The molecule has 0 aromatic carbocycles. The second-order valence-electron chi connectivity index (χ2n) is 6.26. The minimum absolute atomic E-state index is 0.260. The van der Waals surface area contributed by atoms with Gasteiger partial charge in [0, 0.05) is 6.61 Å². The van der Waals surface area contributed by atoms with E-state index in [1.165, 1.54) is 12.8 Å². The normalized spacial score (nSPS) is 11.7. The molecule has 0 N–H and O–H groups in total. The van der Waals surface area contributed by atoms with Gasteiger partial charge in [0.15, 0.2) is 0 Å². The highest BCUT2D eigenvalue weighted by atomic mass is 16.6. The first kappa shape index (κ1) is 22.8. The Hall–Kier alpha value is -0.200. The summed E-state index contributed by atoms with van der Waals surface area (Å²) in [7, 11) is 0. The van der Waals surface area contributed by atoms with Gasteiger partial charge < -0.3 is 23.7 Å². The Balaban J connectivity index is 2.97. The molecule has 0 aromatic rings. The van der Waals surface area contributed by atoms with E-state index in [1.807, 2.05) is 13.8 Å². The van der Waals surface area contributed by atoms with Crippen molar-refractivity contribution in [2.75, 3.05) is 59.5 Å². The van der Waals surface area contributed by atoms with Gasteiger partial charge in [-0.05, 0) is 26.2 Å². The standard InChI is InChI=1S/C18H38O5/c1-17(2)7-5-6-8-19-9-10-20-11-12-21-13-14-22-15-16-23-18(3)4/h17-18H,5-16H2,1-4H3. The molecule has 0 aliphatic carbocycles. The molecule has 140 valence electrons. The maximum Gasteiger partial charge on any atom is 0.0703 e. The molecule has 0 fully saturated rings. The molecule has 5 heteroatoms. The average molecular weight is 334 g/mol. The first-order chi connectivity index (χ1) is 11.1. The van der Waals surface area contributed by atoms with Crippen molar-refractivity contribution in [1.29, 1.82) is 0 Å². The van der Waals surface area contributed by atoms with E-state index in [4.69, 9.17) is 23.7 Å². The van der Waals surface area contributed by atoms with Crippen LogP contribution in [-0.4, -0.2) is 65.6 Å². The summed E-state index contributed by atoms with van der Waals surface area (Å²) in [5.74, 6) is 0.789. The Morgan fingerprint density at radius 3 is 1.39 bits per heavy atom. The van der Waals surface area contributed by atoms with Crippen LogP contribution in [0, 0.1) is 5.92 Å². The molecule has 0 amide bonds. The van der Waals surface area contributed by atoms with Crippen LogP contribution in [0.2, 0.25) is 0 Å². The van der Waals surface area contributed by atoms with Crippen LogP contribution in [0.15, 0.2) is 0 Å². The van der Waals surface area contributed by atoms with Crippen molar-refractivity contribution in [3.05, 3.63) is 0 Å². The molecule has 0 unspecified atom stereocenters. The van der Waals surface area contributed by atoms with Gasteiger partial charge in [0.1, 0.15) is 0 Å². The Bertz CT molecular complexity index is 199. The van der Waals surface area contributed by atoms with Crippen LogP contribution >= 0.6 is 0 Å². The molecule has 0 atom stereocenters. The lowest BCUT2D eigenvalue weighted by molar-refractivity contribution is -0.0177.